The summed E-state index contributed by atoms with van der Waals surface area (Å²) < 4.78 is 5.67. The summed E-state index contributed by atoms with van der Waals surface area (Å²) in [7, 11) is 0. The fourth-order valence-corrected chi connectivity index (χ4v) is 5.13. The maximum atomic E-state index is 13.2. The molecule has 7 nitrogen and oxygen atoms in total. The first-order valence-corrected chi connectivity index (χ1v) is 12.4. The number of rotatable bonds is 6. The highest BCUT2D eigenvalue weighted by molar-refractivity contribution is 5.81. The highest BCUT2D eigenvalue weighted by Gasteiger charge is 2.33. The lowest BCUT2D eigenvalue weighted by Gasteiger charge is -2.37. The van der Waals surface area contributed by atoms with E-state index in [1.807, 2.05) is 58.3 Å². The van der Waals surface area contributed by atoms with Gasteiger partial charge in [-0.05, 0) is 49.9 Å². The normalized spacial score (nSPS) is 19.4. The number of ether oxygens (including phenoxy) is 1. The Bertz CT molecular complexity index is 1090. The van der Waals surface area contributed by atoms with Crippen LogP contribution in [0.4, 0.5) is 0 Å². The largest absolute Gasteiger partial charge is 0.493 e. The van der Waals surface area contributed by atoms with E-state index in [1.54, 1.807) is 0 Å². The van der Waals surface area contributed by atoms with Crippen molar-refractivity contribution in [2.24, 2.45) is 5.92 Å². The predicted octanol–water partition coefficient (Wildman–Crippen LogP) is 3.98. The number of amides is 2. The third-order valence-corrected chi connectivity index (χ3v) is 7.05. The van der Waals surface area contributed by atoms with Gasteiger partial charge in [0.05, 0.1) is 30.0 Å². The van der Waals surface area contributed by atoms with Gasteiger partial charge in [0, 0.05) is 32.1 Å². The van der Waals surface area contributed by atoms with Crippen molar-refractivity contribution in [1.82, 2.24) is 19.8 Å². The Labute approximate surface area is 200 Å². The Kier molecular flexibility index (Phi) is 6.79. The number of fused-ring (bicyclic) bond motifs is 1. The van der Waals surface area contributed by atoms with Crippen molar-refractivity contribution in [2.75, 3.05) is 32.8 Å². The van der Waals surface area contributed by atoms with Crippen molar-refractivity contribution in [3.8, 4) is 5.75 Å². The van der Waals surface area contributed by atoms with E-state index in [1.165, 1.54) is 0 Å². The van der Waals surface area contributed by atoms with Crippen LogP contribution in [0.3, 0.4) is 0 Å². The van der Waals surface area contributed by atoms with Crippen LogP contribution >= 0.6 is 0 Å². The van der Waals surface area contributed by atoms with E-state index >= 15 is 0 Å². The summed E-state index contributed by atoms with van der Waals surface area (Å²) in [5, 5.41) is 0. The molecule has 3 aromatic rings. The molecule has 34 heavy (non-hydrogen) atoms. The van der Waals surface area contributed by atoms with E-state index in [9.17, 15) is 9.59 Å². The quantitative estimate of drug-likeness (QED) is 0.604. The van der Waals surface area contributed by atoms with Gasteiger partial charge in [0.25, 0.3) is 0 Å². The van der Waals surface area contributed by atoms with E-state index in [2.05, 4.69) is 11.1 Å². The highest BCUT2D eigenvalue weighted by Crippen LogP contribution is 2.29. The van der Waals surface area contributed by atoms with Gasteiger partial charge in [-0.3, -0.25) is 9.59 Å². The van der Waals surface area contributed by atoms with E-state index in [0.29, 0.717) is 25.5 Å². The van der Waals surface area contributed by atoms with Crippen LogP contribution in [0.15, 0.2) is 54.6 Å². The number of para-hydroxylation sites is 3. The third kappa shape index (κ3) is 5.08. The Morgan fingerprint density at radius 1 is 0.941 bits per heavy atom. The number of hydrogen-bond donors (Lipinski definition) is 1. The van der Waals surface area contributed by atoms with Crippen LogP contribution in [-0.4, -0.2) is 64.4 Å². The van der Waals surface area contributed by atoms with Crippen molar-refractivity contribution >= 4 is 22.8 Å². The molecule has 1 aromatic heterocycles. The molecule has 5 rings (SSSR count). The zero-order valence-corrected chi connectivity index (χ0v) is 19.5. The van der Waals surface area contributed by atoms with Gasteiger partial charge in [-0.2, -0.15) is 0 Å². The van der Waals surface area contributed by atoms with Crippen molar-refractivity contribution in [3.63, 3.8) is 0 Å². The van der Waals surface area contributed by atoms with Crippen LogP contribution in [-0.2, 0) is 9.59 Å². The van der Waals surface area contributed by atoms with Crippen LogP contribution < -0.4 is 4.74 Å². The van der Waals surface area contributed by atoms with Gasteiger partial charge in [-0.15, -0.1) is 0 Å². The van der Waals surface area contributed by atoms with E-state index < -0.39 is 0 Å². The van der Waals surface area contributed by atoms with Crippen LogP contribution in [0.5, 0.6) is 5.75 Å². The zero-order valence-electron chi connectivity index (χ0n) is 19.5. The van der Waals surface area contributed by atoms with Crippen LogP contribution in [0.25, 0.3) is 11.0 Å². The minimum absolute atomic E-state index is 0.0667. The summed E-state index contributed by atoms with van der Waals surface area (Å²) >= 11 is 0. The number of aromatic nitrogens is 2. The third-order valence-electron chi connectivity index (χ3n) is 7.05. The second-order valence-electron chi connectivity index (χ2n) is 9.33. The van der Waals surface area contributed by atoms with Crippen LogP contribution in [0, 0.1) is 5.92 Å². The molecule has 2 aromatic carbocycles. The molecule has 2 aliphatic rings. The number of H-pyrrole nitrogens is 1. The average molecular weight is 461 g/mol. The topological polar surface area (TPSA) is 78.5 Å². The monoisotopic (exact) mass is 460 g/mol. The summed E-state index contributed by atoms with van der Waals surface area (Å²) in [5.41, 5.74) is 2.06. The van der Waals surface area contributed by atoms with Crippen molar-refractivity contribution < 1.29 is 14.3 Å². The van der Waals surface area contributed by atoms with Gasteiger partial charge in [-0.25, -0.2) is 4.98 Å². The number of nitrogens with zero attached hydrogens (tertiary/aromatic N) is 3. The summed E-state index contributed by atoms with van der Waals surface area (Å²) in [5.74, 6) is 2.31. The summed E-state index contributed by atoms with van der Waals surface area (Å²) in [6.45, 7) is 3.09. The molecule has 178 valence electrons. The molecule has 0 radical (unpaired) electrons. The Morgan fingerprint density at radius 3 is 2.50 bits per heavy atom. The average Bonchev–Trinajstić information content (AvgIpc) is 3.33. The second-order valence-corrected chi connectivity index (χ2v) is 9.33. The standard InChI is InChI=1S/C27H32N4O3/c32-25(14-18-34-22-8-2-1-3-9-22)31-15-6-7-21(19-31)27(33)30-16-12-20(13-17-30)26-28-23-10-4-5-11-24(23)29-26/h1-5,8-11,20-21H,6-7,12-19H2,(H,28,29). The Hall–Kier alpha value is -3.35. The molecule has 3 heterocycles. The lowest BCUT2D eigenvalue weighted by molar-refractivity contribution is -0.141. The molecule has 0 aliphatic carbocycles. The molecule has 1 unspecified atom stereocenters. The van der Waals surface area contributed by atoms with Gasteiger partial charge < -0.3 is 19.5 Å². The van der Waals surface area contributed by atoms with Gasteiger partial charge in [0.1, 0.15) is 11.6 Å². The number of benzene rings is 2. The minimum atomic E-state index is -0.101. The molecule has 1 N–H and O–H groups in total. The number of carbonyl (C=O) groups excluding carboxylic acids is 2. The van der Waals surface area contributed by atoms with Crippen LogP contribution in [0.1, 0.15) is 43.8 Å². The molecule has 1 atom stereocenters. The number of nitrogens with one attached hydrogen (secondary N) is 1. The summed E-state index contributed by atoms with van der Waals surface area (Å²) in [4.78, 5) is 38.0. The Balaban J connectivity index is 1.10. The first-order chi connectivity index (χ1) is 16.7. The van der Waals surface area contributed by atoms with E-state index in [0.717, 1.165) is 67.9 Å². The first-order valence-electron chi connectivity index (χ1n) is 12.4. The van der Waals surface area contributed by atoms with Gasteiger partial charge in [0.15, 0.2) is 0 Å². The lowest BCUT2D eigenvalue weighted by Crippen LogP contribution is -2.48. The number of imidazole rings is 1. The number of piperidine rings is 2. The maximum Gasteiger partial charge on any atom is 0.227 e. The minimum Gasteiger partial charge on any atom is -0.493 e. The van der Waals surface area contributed by atoms with Crippen molar-refractivity contribution in [1.29, 1.82) is 0 Å². The number of carbonyl (C=O) groups is 2. The predicted molar refractivity (Wildman–Crippen MR) is 131 cm³/mol. The molecule has 0 spiro atoms. The SMILES string of the molecule is O=C(CCOc1ccccc1)N1CCCC(C(=O)N2CCC(c3nc4ccccc4[nH]3)CC2)C1. The summed E-state index contributed by atoms with van der Waals surface area (Å²) in [6, 6.07) is 17.6. The van der Waals surface area contributed by atoms with E-state index in [4.69, 9.17) is 9.72 Å². The smallest absolute Gasteiger partial charge is 0.227 e. The molecule has 2 saturated heterocycles. The molecule has 2 aliphatic heterocycles. The van der Waals surface area contributed by atoms with Gasteiger partial charge in [-0.1, -0.05) is 30.3 Å². The maximum absolute atomic E-state index is 13.2. The summed E-state index contributed by atoms with van der Waals surface area (Å²) in [6.07, 6.45) is 3.89. The molecule has 0 bridgehead atoms. The zero-order chi connectivity index (χ0) is 23.3. The first kappa shape index (κ1) is 22.4. The lowest BCUT2D eigenvalue weighted by atomic mass is 9.92. The molecule has 2 fully saturated rings. The van der Waals surface area contributed by atoms with E-state index in [-0.39, 0.29) is 17.7 Å². The molecular weight excluding hydrogens is 428 g/mol. The fourth-order valence-electron chi connectivity index (χ4n) is 5.13. The number of likely N-dealkylation sites (tertiary alicyclic amines) is 2. The highest BCUT2D eigenvalue weighted by atomic mass is 16.5. The molecule has 2 amide bonds. The van der Waals surface area contributed by atoms with Crippen molar-refractivity contribution in [2.45, 2.75) is 38.0 Å². The molecule has 7 heteroatoms. The Morgan fingerprint density at radius 2 is 1.71 bits per heavy atom. The van der Waals surface area contributed by atoms with Gasteiger partial charge in [0.2, 0.25) is 11.8 Å². The second kappa shape index (κ2) is 10.3. The molecule has 0 saturated carbocycles. The molecular formula is C27H32N4O3. The number of aromatic amines is 1. The fraction of sp³-hybridized carbons (Fsp3) is 0.444. The number of hydrogen-bond acceptors (Lipinski definition) is 4. The van der Waals surface area contributed by atoms with Crippen molar-refractivity contribution in [3.05, 3.63) is 60.4 Å². The van der Waals surface area contributed by atoms with Gasteiger partial charge >= 0.3 is 0 Å². The van der Waals surface area contributed by atoms with Crippen LogP contribution in [0.2, 0.25) is 0 Å².